The summed E-state index contributed by atoms with van der Waals surface area (Å²) in [4.78, 5) is 2.47. The SMILES string of the molecule is CCN(CC)C(CNCc1ccc(O)cc1)c1ccccc1. The van der Waals surface area contributed by atoms with Crippen LogP contribution in [-0.2, 0) is 6.54 Å². The minimum absolute atomic E-state index is 0.314. The van der Waals surface area contributed by atoms with E-state index in [0.717, 1.165) is 26.2 Å². The number of likely N-dealkylation sites (N-methyl/N-ethyl adjacent to an activating group) is 1. The minimum Gasteiger partial charge on any atom is -0.508 e. The Morgan fingerprint density at radius 2 is 1.59 bits per heavy atom. The van der Waals surface area contributed by atoms with Crippen LogP contribution < -0.4 is 5.32 Å². The van der Waals surface area contributed by atoms with Gasteiger partial charge in [0.05, 0.1) is 0 Å². The molecule has 0 fully saturated rings. The van der Waals surface area contributed by atoms with E-state index in [1.165, 1.54) is 11.1 Å². The molecule has 0 spiro atoms. The molecule has 0 heterocycles. The first-order chi connectivity index (χ1) is 10.7. The second kappa shape index (κ2) is 8.57. The van der Waals surface area contributed by atoms with Crippen LogP contribution in [0.15, 0.2) is 54.6 Å². The molecule has 2 aromatic rings. The fourth-order valence-corrected chi connectivity index (χ4v) is 2.76. The van der Waals surface area contributed by atoms with E-state index >= 15 is 0 Å². The average Bonchev–Trinajstić information content (AvgIpc) is 2.57. The molecular weight excluding hydrogens is 272 g/mol. The molecule has 1 unspecified atom stereocenters. The van der Waals surface area contributed by atoms with Crippen molar-refractivity contribution >= 4 is 0 Å². The number of phenols is 1. The summed E-state index contributed by atoms with van der Waals surface area (Å²) in [6, 6.07) is 18.4. The van der Waals surface area contributed by atoms with Crippen molar-refractivity contribution in [3.8, 4) is 5.75 Å². The summed E-state index contributed by atoms with van der Waals surface area (Å²) in [6.07, 6.45) is 0. The summed E-state index contributed by atoms with van der Waals surface area (Å²) < 4.78 is 0. The summed E-state index contributed by atoms with van der Waals surface area (Å²) in [5, 5.41) is 12.9. The van der Waals surface area contributed by atoms with Gasteiger partial charge in [-0.3, -0.25) is 4.90 Å². The lowest BCUT2D eigenvalue weighted by atomic mass is 10.0. The Morgan fingerprint density at radius 3 is 2.18 bits per heavy atom. The lowest BCUT2D eigenvalue weighted by Gasteiger charge is -2.30. The second-order valence-corrected chi connectivity index (χ2v) is 5.45. The third-order valence-corrected chi connectivity index (χ3v) is 4.04. The standard InChI is InChI=1S/C19H26N2O/c1-3-21(4-2)19(17-8-6-5-7-9-17)15-20-14-16-10-12-18(22)13-11-16/h5-13,19-20,22H,3-4,14-15H2,1-2H3. The number of aromatic hydroxyl groups is 1. The van der Waals surface area contributed by atoms with Crippen molar-refractivity contribution in [3.05, 3.63) is 65.7 Å². The van der Waals surface area contributed by atoms with Crippen LogP contribution in [0.4, 0.5) is 0 Å². The Bertz CT molecular complexity index is 535. The number of rotatable bonds is 8. The van der Waals surface area contributed by atoms with Crippen LogP contribution in [0.1, 0.15) is 31.0 Å². The number of benzene rings is 2. The second-order valence-electron chi connectivity index (χ2n) is 5.45. The van der Waals surface area contributed by atoms with Gasteiger partial charge in [0, 0.05) is 19.1 Å². The molecule has 3 nitrogen and oxygen atoms in total. The van der Waals surface area contributed by atoms with Crippen molar-refractivity contribution in [1.29, 1.82) is 0 Å². The van der Waals surface area contributed by atoms with Gasteiger partial charge < -0.3 is 10.4 Å². The first-order valence-electron chi connectivity index (χ1n) is 8.02. The topological polar surface area (TPSA) is 35.5 Å². The Kier molecular flexibility index (Phi) is 6.44. The average molecular weight is 298 g/mol. The quantitative estimate of drug-likeness (QED) is 0.782. The van der Waals surface area contributed by atoms with E-state index < -0.39 is 0 Å². The number of nitrogens with zero attached hydrogens (tertiary/aromatic N) is 1. The molecule has 0 saturated carbocycles. The van der Waals surface area contributed by atoms with E-state index in [9.17, 15) is 5.11 Å². The Morgan fingerprint density at radius 1 is 0.955 bits per heavy atom. The summed E-state index contributed by atoms with van der Waals surface area (Å²) in [5.74, 6) is 0.314. The molecule has 0 bridgehead atoms. The molecule has 2 aromatic carbocycles. The van der Waals surface area contributed by atoms with E-state index in [1.807, 2.05) is 12.1 Å². The predicted octanol–water partition coefficient (Wildman–Crippen LogP) is 3.56. The fourth-order valence-electron chi connectivity index (χ4n) is 2.76. The van der Waals surface area contributed by atoms with Gasteiger partial charge >= 0.3 is 0 Å². The zero-order valence-electron chi connectivity index (χ0n) is 13.5. The largest absolute Gasteiger partial charge is 0.508 e. The van der Waals surface area contributed by atoms with Crippen LogP contribution in [0, 0.1) is 0 Å². The van der Waals surface area contributed by atoms with E-state index in [2.05, 4.69) is 54.4 Å². The summed E-state index contributed by atoms with van der Waals surface area (Å²) in [7, 11) is 0. The third-order valence-electron chi connectivity index (χ3n) is 4.04. The van der Waals surface area contributed by atoms with E-state index in [0.29, 0.717) is 11.8 Å². The van der Waals surface area contributed by atoms with Gasteiger partial charge in [0.1, 0.15) is 5.75 Å². The highest BCUT2D eigenvalue weighted by Gasteiger charge is 2.17. The first kappa shape index (κ1) is 16.5. The van der Waals surface area contributed by atoms with Crippen LogP contribution in [0.5, 0.6) is 5.75 Å². The maximum absolute atomic E-state index is 9.33. The van der Waals surface area contributed by atoms with Crippen LogP contribution in [0.2, 0.25) is 0 Å². The van der Waals surface area contributed by atoms with E-state index in [4.69, 9.17) is 0 Å². The lowest BCUT2D eigenvalue weighted by Crippen LogP contribution is -2.35. The maximum atomic E-state index is 9.33. The molecule has 0 aliphatic rings. The van der Waals surface area contributed by atoms with E-state index in [1.54, 1.807) is 12.1 Å². The Labute approximate surface area is 133 Å². The molecule has 0 amide bonds. The zero-order valence-corrected chi connectivity index (χ0v) is 13.5. The summed E-state index contributed by atoms with van der Waals surface area (Å²) in [6.45, 7) is 8.21. The zero-order chi connectivity index (χ0) is 15.8. The normalized spacial score (nSPS) is 12.5. The molecule has 0 aromatic heterocycles. The molecule has 0 radical (unpaired) electrons. The van der Waals surface area contributed by atoms with Crippen molar-refractivity contribution < 1.29 is 5.11 Å². The first-order valence-corrected chi connectivity index (χ1v) is 8.02. The lowest BCUT2D eigenvalue weighted by molar-refractivity contribution is 0.213. The van der Waals surface area contributed by atoms with Crippen molar-refractivity contribution in [2.75, 3.05) is 19.6 Å². The highest BCUT2D eigenvalue weighted by atomic mass is 16.3. The van der Waals surface area contributed by atoms with Gasteiger partial charge in [0.25, 0.3) is 0 Å². The van der Waals surface area contributed by atoms with Gasteiger partial charge in [-0.25, -0.2) is 0 Å². The van der Waals surface area contributed by atoms with Crippen LogP contribution >= 0.6 is 0 Å². The molecule has 2 rings (SSSR count). The molecule has 118 valence electrons. The van der Waals surface area contributed by atoms with Crippen LogP contribution in [-0.4, -0.2) is 29.6 Å². The number of hydrogen-bond donors (Lipinski definition) is 2. The van der Waals surface area contributed by atoms with Crippen LogP contribution in [0.3, 0.4) is 0 Å². The van der Waals surface area contributed by atoms with Crippen molar-refractivity contribution in [2.45, 2.75) is 26.4 Å². The number of nitrogens with one attached hydrogen (secondary N) is 1. The molecular formula is C19H26N2O. The highest BCUT2D eigenvalue weighted by molar-refractivity contribution is 5.26. The van der Waals surface area contributed by atoms with Crippen molar-refractivity contribution in [1.82, 2.24) is 10.2 Å². The molecule has 0 aliphatic carbocycles. The van der Waals surface area contributed by atoms with Gasteiger partial charge in [-0.2, -0.15) is 0 Å². The Hall–Kier alpha value is -1.84. The molecule has 0 saturated heterocycles. The summed E-state index contributed by atoms with van der Waals surface area (Å²) >= 11 is 0. The van der Waals surface area contributed by atoms with Crippen molar-refractivity contribution in [3.63, 3.8) is 0 Å². The van der Waals surface area contributed by atoms with Gasteiger partial charge in [0.2, 0.25) is 0 Å². The molecule has 3 heteroatoms. The third kappa shape index (κ3) is 4.58. The minimum atomic E-state index is 0.314. The van der Waals surface area contributed by atoms with Gasteiger partial charge in [-0.1, -0.05) is 56.3 Å². The maximum Gasteiger partial charge on any atom is 0.115 e. The van der Waals surface area contributed by atoms with Gasteiger partial charge in [0.15, 0.2) is 0 Å². The summed E-state index contributed by atoms with van der Waals surface area (Å²) in [5.41, 5.74) is 2.54. The molecule has 22 heavy (non-hydrogen) atoms. The van der Waals surface area contributed by atoms with Gasteiger partial charge in [-0.15, -0.1) is 0 Å². The molecule has 1 atom stereocenters. The van der Waals surface area contributed by atoms with Crippen LogP contribution in [0.25, 0.3) is 0 Å². The monoisotopic (exact) mass is 298 g/mol. The van der Waals surface area contributed by atoms with Crippen molar-refractivity contribution in [2.24, 2.45) is 0 Å². The molecule has 2 N–H and O–H groups in total. The Balaban J connectivity index is 1.99. The van der Waals surface area contributed by atoms with E-state index in [-0.39, 0.29) is 0 Å². The fraction of sp³-hybridized carbons (Fsp3) is 0.368. The molecule has 0 aliphatic heterocycles. The predicted molar refractivity (Wildman–Crippen MR) is 91.9 cm³/mol. The van der Waals surface area contributed by atoms with Gasteiger partial charge in [-0.05, 0) is 36.3 Å². The number of hydrogen-bond acceptors (Lipinski definition) is 3. The number of phenolic OH excluding ortho intramolecular Hbond substituents is 1. The highest BCUT2D eigenvalue weighted by Crippen LogP contribution is 2.19. The smallest absolute Gasteiger partial charge is 0.115 e.